The van der Waals surface area contributed by atoms with Crippen molar-refractivity contribution >= 4 is 5.69 Å². The monoisotopic (exact) mass is 248 g/mol. The van der Waals surface area contributed by atoms with Crippen LogP contribution in [-0.2, 0) is 4.74 Å². The molecular formula is C15H24N2O. The van der Waals surface area contributed by atoms with Crippen LogP contribution >= 0.6 is 0 Å². The summed E-state index contributed by atoms with van der Waals surface area (Å²) in [5, 5.41) is 0. The van der Waals surface area contributed by atoms with Crippen LogP contribution in [0.2, 0.25) is 0 Å². The fourth-order valence-corrected chi connectivity index (χ4v) is 2.32. The molecule has 1 fully saturated rings. The third kappa shape index (κ3) is 3.72. The van der Waals surface area contributed by atoms with Crippen LogP contribution in [0.15, 0.2) is 24.3 Å². The maximum Gasteiger partial charge on any atom is 0.0593 e. The zero-order valence-corrected chi connectivity index (χ0v) is 11.6. The van der Waals surface area contributed by atoms with Crippen molar-refractivity contribution < 1.29 is 4.74 Å². The van der Waals surface area contributed by atoms with Crippen LogP contribution in [0.5, 0.6) is 0 Å². The van der Waals surface area contributed by atoms with E-state index < -0.39 is 0 Å². The Balaban J connectivity index is 1.77. The Kier molecular flexibility index (Phi) is 5.02. The molecule has 0 bridgehead atoms. The molecule has 3 heteroatoms. The molecule has 1 aromatic rings. The average Bonchev–Trinajstić information content (AvgIpc) is 2.41. The number of ether oxygens (including phenoxy) is 1. The van der Waals surface area contributed by atoms with Crippen molar-refractivity contribution in [2.75, 3.05) is 50.8 Å². The van der Waals surface area contributed by atoms with E-state index in [1.807, 2.05) is 0 Å². The van der Waals surface area contributed by atoms with Gasteiger partial charge in [0.2, 0.25) is 0 Å². The van der Waals surface area contributed by atoms with Crippen molar-refractivity contribution in [3.63, 3.8) is 0 Å². The van der Waals surface area contributed by atoms with E-state index in [0.29, 0.717) is 0 Å². The third-order valence-corrected chi connectivity index (χ3v) is 3.53. The van der Waals surface area contributed by atoms with Gasteiger partial charge in [0, 0.05) is 45.0 Å². The normalized spacial score (nSPS) is 17.1. The van der Waals surface area contributed by atoms with E-state index in [2.05, 4.69) is 47.9 Å². The Morgan fingerprint density at radius 2 is 1.72 bits per heavy atom. The van der Waals surface area contributed by atoms with Gasteiger partial charge in [-0.3, -0.25) is 4.90 Å². The van der Waals surface area contributed by atoms with Crippen molar-refractivity contribution in [3.05, 3.63) is 29.8 Å². The van der Waals surface area contributed by atoms with Gasteiger partial charge in [-0.05, 0) is 26.0 Å². The highest BCUT2D eigenvalue weighted by Crippen LogP contribution is 2.16. The number of hydrogen-bond donors (Lipinski definition) is 0. The Labute approximate surface area is 110 Å². The SMILES string of the molecule is CCOCCN1CCN(c2ccc(C)cc2)CC1. The zero-order valence-electron chi connectivity index (χ0n) is 11.6. The molecule has 1 saturated heterocycles. The van der Waals surface area contributed by atoms with Crippen LogP contribution in [-0.4, -0.2) is 50.8 Å². The number of benzene rings is 1. The highest BCUT2D eigenvalue weighted by atomic mass is 16.5. The summed E-state index contributed by atoms with van der Waals surface area (Å²) < 4.78 is 5.41. The van der Waals surface area contributed by atoms with Crippen LogP contribution in [0, 0.1) is 6.92 Å². The lowest BCUT2D eigenvalue weighted by Crippen LogP contribution is -2.47. The van der Waals surface area contributed by atoms with Gasteiger partial charge in [-0.15, -0.1) is 0 Å². The molecule has 1 aromatic carbocycles. The summed E-state index contributed by atoms with van der Waals surface area (Å²) in [5.74, 6) is 0. The summed E-state index contributed by atoms with van der Waals surface area (Å²) in [5.41, 5.74) is 2.68. The van der Waals surface area contributed by atoms with Gasteiger partial charge in [0.25, 0.3) is 0 Å². The van der Waals surface area contributed by atoms with E-state index in [4.69, 9.17) is 4.74 Å². The van der Waals surface area contributed by atoms with Crippen LogP contribution in [0.3, 0.4) is 0 Å². The first-order valence-corrected chi connectivity index (χ1v) is 6.91. The first-order chi connectivity index (χ1) is 8.79. The average molecular weight is 248 g/mol. The Hall–Kier alpha value is -1.06. The molecule has 1 heterocycles. The topological polar surface area (TPSA) is 15.7 Å². The largest absolute Gasteiger partial charge is 0.380 e. The molecule has 0 N–H and O–H groups in total. The summed E-state index contributed by atoms with van der Waals surface area (Å²) in [6, 6.07) is 8.84. The Bertz CT molecular complexity index is 342. The van der Waals surface area contributed by atoms with Crippen molar-refractivity contribution in [2.24, 2.45) is 0 Å². The Morgan fingerprint density at radius 1 is 1.06 bits per heavy atom. The van der Waals surface area contributed by atoms with Gasteiger partial charge >= 0.3 is 0 Å². The molecular weight excluding hydrogens is 224 g/mol. The predicted octanol–water partition coefficient (Wildman–Crippen LogP) is 2.15. The molecule has 0 unspecified atom stereocenters. The van der Waals surface area contributed by atoms with Crippen LogP contribution < -0.4 is 4.90 Å². The lowest BCUT2D eigenvalue weighted by atomic mass is 10.2. The number of hydrogen-bond acceptors (Lipinski definition) is 3. The lowest BCUT2D eigenvalue weighted by molar-refractivity contribution is 0.111. The minimum Gasteiger partial charge on any atom is -0.380 e. The smallest absolute Gasteiger partial charge is 0.0593 e. The second kappa shape index (κ2) is 6.76. The summed E-state index contributed by atoms with van der Waals surface area (Å²) in [4.78, 5) is 4.96. The van der Waals surface area contributed by atoms with Crippen LogP contribution in [0.1, 0.15) is 12.5 Å². The van der Waals surface area contributed by atoms with Gasteiger partial charge in [-0.1, -0.05) is 17.7 Å². The van der Waals surface area contributed by atoms with Crippen molar-refractivity contribution in [2.45, 2.75) is 13.8 Å². The fourth-order valence-electron chi connectivity index (χ4n) is 2.32. The van der Waals surface area contributed by atoms with Gasteiger partial charge in [0.15, 0.2) is 0 Å². The van der Waals surface area contributed by atoms with E-state index in [1.54, 1.807) is 0 Å². The molecule has 1 aliphatic heterocycles. The fraction of sp³-hybridized carbons (Fsp3) is 0.600. The van der Waals surface area contributed by atoms with Crippen molar-refractivity contribution in [3.8, 4) is 0 Å². The molecule has 0 aromatic heterocycles. The number of nitrogens with zero attached hydrogens (tertiary/aromatic N) is 2. The zero-order chi connectivity index (χ0) is 12.8. The summed E-state index contributed by atoms with van der Waals surface area (Å²) in [6.07, 6.45) is 0. The molecule has 0 aliphatic carbocycles. The van der Waals surface area contributed by atoms with Gasteiger partial charge in [0.1, 0.15) is 0 Å². The van der Waals surface area contributed by atoms with E-state index >= 15 is 0 Å². The second-order valence-corrected chi connectivity index (χ2v) is 4.86. The first-order valence-electron chi connectivity index (χ1n) is 6.91. The summed E-state index contributed by atoms with van der Waals surface area (Å²) in [6.45, 7) is 11.5. The number of anilines is 1. The highest BCUT2D eigenvalue weighted by Gasteiger charge is 2.16. The summed E-state index contributed by atoms with van der Waals surface area (Å²) >= 11 is 0. The van der Waals surface area contributed by atoms with Gasteiger partial charge in [0.05, 0.1) is 6.61 Å². The second-order valence-electron chi connectivity index (χ2n) is 4.86. The van der Waals surface area contributed by atoms with E-state index in [9.17, 15) is 0 Å². The van der Waals surface area contributed by atoms with Crippen LogP contribution in [0.25, 0.3) is 0 Å². The Morgan fingerprint density at radius 3 is 2.33 bits per heavy atom. The minimum absolute atomic E-state index is 0.823. The maximum absolute atomic E-state index is 5.41. The van der Waals surface area contributed by atoms with E-state index in [1.165, 1.54) is 11.3 Å². The molecule has 0 saturated carbocycles. The number of piperazine rings is 1. The van der Waals surface area contributed by atoms with Gasteiger partial charge in [-0.2, -0.15) is 0 Å². The van der Waals surface area contributed by atoms with Crippen molar-refractivity contribution in [1.82, 2.24) is 4.90 Å². The quantitative estimate of drug-likeness (QED) is 0.743. The third-order valence-electron chi connectivity index (χ3n) is 3.53. The van der Waals surface area contributed by atoms with E-state index in [-0.39, 0.29) is 0 Å². The molecule has 18 heavy (non-hydrogen) atoms. The first kappa shape index (κ1) is 13.4. The van der Waals surface area contributed by atoms with Crippen molar-refractivity contribution in [1.29, 1.82) is 0 Å². The molecule has 0 spiro atoms. The lowest BCUT2D eigenvalue weighted by Gasteiger charge is -2.36. The number of rotatable bonds is 5. The molecule has 1 aliphatic rings. The number of aryl methyl sites for hydroxylation is 1. The maximum atomic E-state index is 5.41. The molecule has 0 radical (unpaired) electrons. The van der Waals surface area contributed by atoms with Gasteiger partial charge < -0.3 is 9.64 Å². The van der Waals surface area contributed by atoms with Crippen LogP contribution in [0.4, 0.5) is 5.69 Å². The summed E-state index contributed by atoms with van der Waals surface area (Å²) in [7, 11) is 0. The van der Waals surface area contributed by atoms with E-state index in [0.717, 1.165) is 45.9 Å². The standard InChI is InChI=1S/C15H24N2O/c1-3-18-13-12-16-8-10-17(11-9-16)15-6-4-14(2)5-7-15/h4-7H,3,8-13H2,1-2H3. The highest BCUT2D eigenvalue weighted by molar-refractivity contribution is 5.47. The predicted molar refractivity (Wildman–Crippen MR) is 76.3 cm³/mol. The molecule has 0 amide bonds. The molecule has 2 rings (SSSR count). The molecule has 100 valence electrons. The molecule has 0 atom stereocenters. The molecule has 3 nitrogen and oxygen atoms in total. The van der Waals surface area contributed by atoms with Gasteiger partial charge in [-0.25, -0.2) is 0 Å². The minimum atomic E-state index is 0.823.